The molecule has 18 heavy (non-hydrogen) atoms. The second-order valence-corrected chi connectivity index (χ2v) is 4.45. The first kappa shape index (κ1) is 15.0. The van der Waals surface area contributed by atoms with Gasteiger partial charge in [0.15, 0.2) is 11.5 Å². The van der Waals surface area contributed by atoms with Gasteiger partial charge in [0.25, 0.3) is 0 Å². The van der Waals surface area contributed by atoms with Gasteiger partial charge in [0.05, 0.1) is 20.3 Å². The van der Waals surface area contributed by atoms with Crippen LogP contribution in [-0.4, -0.2) is 30.1 Å². The highest BCUT2D eigenvalue weighted by atomic mass is 32.2. The molecule has 1 aromatic rings. The standard InChI is InChI=1S/C11H13F3O3S/c1-16-10-6-8(7-15)2-3-9(10)17-4-5-18-11(12,13)14/h2-3,6,15H,4-5,7H2,1H3. The predicted octanol–water partition coefficient (Wildman–Crippen LogP) is 2.82. The van der Waals surface area contributed by atoms with Crippen LogP contribution in [-0.2, 0) is 6.61 Å². The fourth-order valence-corrected chi connectivity index (χ4v) is 1.64. The number of rotatable bonds is 6. The lowest BCUT2D eigenvalue weighted by Crippen LogP contribution is -2.08. The highest BCUT2D eigenvalue weighted by Gasteiger charge is 2.27. The fraction of sp³-hybridized carbons (Fsp3) is 0.455. The van der Waals surface area contributed by atoms with Gasteiger partial charge in [-0.25, -0.2) is 0 Å². The molecule has 0 spiro atoms. The number of hydrogen-bond acceptors (Lipinski definition) is 4. The molecule has 0 aliphatic heterocycles. The summed E-state index contributed by atoms with van der Waals surface area (Å²) in [6.07, 6.45) is 0. The van der Waals surface area contributed by atoms with Crippen molar-refractivity contribution < 1.29 is 27.8 Å². The summed E-state index contributed by atoms with van der Waals surface area (Å²) in [6, 6.07) is 4.75. The molecular formula is C11H13F3O3S. The maximum Gasteiger partial charge on any atom is 0.441 e. The lowest BCUT2D eigenvalue weighted by molar-refractivity contribution is -0.0329. The van der Waals surface area contributed by atoms with E-state index in [0.717, 1.165) is 0 Å². The lowest BCUT2D eigenvalue weighted by atomic mass is 10.2. The van der Waals surface area contributed by atoms with Crippen LogP contribution in [0.1, 0.15) is 5.56 Å². The van der Waals surface area contributed by atoms with Crippen molar-refractivity contribution >= 4 is 11.8 Å². The van der Waals surface area contributed by atoms with E-state index in [0.29, 0.717) is 17.1 Å². The Balaban J connectivity index is 2.51. The number of halogens is 3. The Morgan fingerprint density at radius 3 is 2.56 bits per heavy atom. The average molecular weight is 282 g/mol. The van der Waals surface area contributed by atoms with Gasteiger partial charge in [0.1, 0.15) is 0 Å². The molecule has 0 saturated carbocycles. The molecular weight excluding hydrogens is 269 g/mol. The number of hydrogen-bond donors (Lipinski definition) is 1. The molecule has 0 radical (unpaired) electrons. The van der Waals surface area contributed by atoms with Gasteiger partial charge in [-0.2, -0.15) is 13.2 Å². The molecule has 0 atom stereocenters. The van der Waals surface area contributed by atoms with Gasteiger partial charge in [-0.15, -0.1) is 0 Å². The molecule has 0 unspecified atom stereocenters. The van der Waals surface area contributed by atoms with Crippen molar-refractivity contribution in [3.63, 3.8) is 0 Å². The first-order valence-corrected chi connectivity index (χ1v) is 6.06. The van der Waals surface area contributed by atoms with Gasteiger partial charge >= 0.3 is 5.51 Å². The van der Waals surface area contributed by atoms with Crippen molar-refractivity contribution in [1.29, 1.82) is 0 Å². The van der Waals surface area contributed by atoms with Crippen LogP contribution in [0, 0.1) is 0 Å². The summed E-state index contributed by atoms with van der Waals surface area (Å²) in [6.45, 7) is -0.209. The highest BCUT2D eigenvalue weighted by molar-refractivity contribution is 8.00. The molecule has 0 fully saturated rings. The second-order valence-electron chi connectivity index (χ2n) is 3.29. The molecule has 0 heterocycles. The fourth-order valence-electron chi connectivity index (χ4n) is 1.24. The van der Waals surface area contributed by atoms with Crippen molar-refractivity contribution in [2.75, 3.05) is 19.5 Å². The highest BCUT2D eigenvalue weighted by Crippen LogP contribution is 2.31. The van der Waals surface area contributed by atoms with E-state index in [1.807, 2.05) is 0 Å². The Morgan fingerprint density at radius 2 is 2.00 bits per heavy atom. The van der Waals surface area contributed by atoms with Crippen molar-refractivity contribution in [2.45, 2.75) is 12.1 Å². The average Bonchev–Trinajstić information content (AvgIpc) is 2.33. The Morgan fingerprint density at radius 1 is 1.28 bits per heavy atom. The molecule has 0 aromatic heterocycles. The van der Waals surface area contributed by atoms with E-state index in [9.17, 15) is 13.2 Å². The van der Waals surface area contributed by atoms with Gasteiger partial charge in [0, 0.05) is 5.75 Å². The van der Waals surface area contributed by atoms with Crippen LogP contribution in [0.4, 0.5) is 13.2 Å². The minimum absolute atomic E-state index is 0.0704. The maximum absolute atomic E-state index is 11.9. The number of methoxy groups -OCH3 is 1. The molecule has 0 amide bonds. The SMILES string of the molecule is COc1cc(CO)ccc1OCCSC(F)(F)F. The number of aliphatic hydroxyl groups excluding tert-OH is 1. The van der Waals surface area contributed by atoms with E-state index in [1.54, 1.807) is 18.2 Å². The van der Waals surface area contributed by atoms with Crippen molar-refractivity contribution in [3.05, 3.63) is 23.8 Å². The molecule has 1 aromatic carbocycles. The van der Waals surface area contributed by atoms with Gasteiger partial charge in [-0.3, -0.25) is 0 Å². The zero-order chi connectivity index (χ0) is 13.6. The maximum atomic E-state index is 11.9. The van der Waals surface area contributed by atoms with E-state index >= 15 is 0 Å². The van der Waals surface area contributed by atoms with E-state index in [4.69, 9.17) is 14.6 Å². The third kappa shape index (κ3) is 5.05. The Kier molecular flexibility index (Phi) is 5.61. The molecule has 0 bridgehead atoms. The first-order chi connectivity index (χ1) is 8.46. The quantitative estimate of drug-likeness (QED) is 0.814. The summed E-state index contributed by atoms with van der Waals surface area (Å²) in [4.78, 5) is 0. The van der Waals surface area contributed by atoms with E-state index < -0.39 is 5.51 Å². The largest absolute Gasteiger partial charge is 0.493 e. The van der Waals surface area contributed by atoms with E-state index in [-0.39, 0.29) is 30.7 Å². The van der Waals surface area contributed by atoms with E-state index in [1.165, 1.54) is 7.11 Å². The molecule has 0 aliphatic carbocycles. The van der Waals surface area contributed by atoms with Gasteiger partial charge in [0.2, 0.25) is 0 Å². The van der Waals surface area contributed by atoms with Gasteiger partial charge in [-0.1, -0.05) is 6.07 Å². The van der Waals surface area contributed by atoms with E-state index in [2.05, 4.69) is 0 Å². The Hall–Kier alpha value is -1.08. The molecule has 3 nitrogen and oxygen atoms in total. The third-order valence-corrected chi connectivity index (χ3v) is 2.72. The van der Waals surface area contributed by atoms with Crippen molar-refractivity contribution in [1.82, 2.24) is 0 Å². The van der Waals surface area contributed by atoms with Crippen LogP contribution in [0.3, 0.4) is 0 Å². The number of alkyl halides is 3. The van der Waals surface area contributed by atoms with Gasteiger partial charge in [-0.05, 0) is 29.5 Å². The van der Waals surface area contributed by atoms with Crippen LogP contribution in [0.25, 0.3) is 0 Å². The summed E-state index contributed by atoms with van der Waals surface area (Å²) in [7, 11) is 1.42. The number of thioether (sulfide) groups is 1. The van der Waals surface area contributed by atoms with Crippen LogP contribution < -0.4 is 9.47 Å². The first-order valence-electron chi connectivity index (χ1n) is 5.07. The summed E-state index contributed by atoms with van der Waals surface area (Å²) in [5.41, 5.74) is -3.60. The summed E-state index contributed by atoms with van der Waals surface area (Å²) in [5, 5.41) is 8.93. The molecule has 0 aliphatic rings. The topological polar surface area (TPSA) is 38.7 Å². The predicted molar refractivity (Wildman–Crippen MR) is 62.9 cm³/mol. The van der Waals surface area contributed by atoms with Crippen LogP contribution in [0.15, 0.2) is 18.2 Å². The minimum Gasteiger partial charge on any atom is -0.493 e. The lowest BCUT2D eigenvalue weighted by Gasteiger charge is -2.12. The summed E-state index contributed by atoms with van der Waals surface area (Å²) >= 11 is -0.132. The molecule has 102 valence electrons. The molecule has 1 N–H and O–H groups in total. The second kappa shape index (κ2) is 6.75. The van der Waals surface area contributed by atoms with Crippen LogP contribution in [0.5, 0.6) is 11.5 Å². The van der Waals surface area contributed by atoms with Crippen LogP contribution in [0.2, 0.25) is 0 Å². The minimum atomic E-state index is -4.24. The van der Waals surface area contributed by atoms with Crippen molar-refractivity contribution in [2.24, 2.45) is 0 Å². The molecule has 1 rings (SSSR count). The zero-order valence-electron chi connectivity index (χ0n) is 9.66. The third-order valence-electron chi connectivity index (χ3n) is 2.02. The smallest absolute Gasteiger partial charge is 0.441 e. The summed E-state index contributed by atoms with van der Waals surface area (Å²) in [5.74, 6) is 0.560. The normalized spacial score (nSPS) is 11.4. The number of aliphatic hydroxyl groups is 1. The Labute approximate surface area is 107 Å². The molecule has 0 saturated heterocycles. The number of benzene rings is 1. The number of ether oxygens (including phenoxy) is 2. The Bertz CT molecular complexity index is 382. The monoisotopic (exact) mass is 282 g/mol. The van der Waals surface area contributed by atoms with Crippen LogP contribution >= 0.6 is 11.8 Å². The molecule has 7 heteroatoms. The van der Waals surface area contributed by atoms with Crippen molar-refractivity contribution in [3.8, 4) is 11.5 Å². The zero-order valence-corrected chi connectivity index (χ0v) is 10.5. The summed E-state index contributed by atoms with van der Waals surface area (Å²) < 4.78 is 45.9. The van der Waals surface area contributed by atoms with Gasteiger partial charge < -0.3 is 14.6 Å².